The minimum Gasteiger partial charge on any atom is -0.387 e. The minimum atomic E-state index is -0.541. The SMILES string of the molecule is CN1CCN(c2ccc(-c3ccc4ncc5c(=O)[nH]c(=O)n(C6CCN(C(=O)CO)CC6)c5c4n3)cn2)CC1. The van der Waals surface area contributed by atoms with Crippen molar-refractivity contribution < 1.29 is 9.90 Å². The molecule has 202 valence electrons. The Morgan fingerprint density at radius 1 is 1.00 bits per heavy atom. The lowest BCUT2D eigenvalue weighted by molar-refractivity contribution is -0.135. The van der Waals surface area contributed by atoms with Gasteiger partial charge in [0.2, 0.25) is 5.91 Å². The maximum Gasteiger partial charge on any atom is 0.329 e. The molecule has 0 radical (unpaired) electrons. The zero-order valence-electron chi connectivity index (χ0n) is 21.7. The Kier molecular flexibility index (Phi) is 6.57. The highest BCUT2D eigenvalue weighted by molar-refractivity contribution is 6.01. The van der Waals surface area contributed by atoms with E-state index in [-0.39, 0.29) is 17.3 Å². The Labute approximate surface area is 223 Å². The summed E-state index contributed by atoms with van der Waals surface area (Å²) in [5.41, 5.74) is 1.92. The Morgan fingerprint density at radius 3 is 2.46 bits per heavy atom. The topological polar surface area (TPSA) is 141 Å². The first-order valence-corrected chi connectivity index (χ1v) is 13.2. The number of anilines is 1. The molecule has 0 unspecified atom stereocenters. The first-order chi connectivity index (χ1) is 18.9. The van der Waals surface area contributed by atoms with E-state index in [2.05, 4.69) is 31.8 Å². The number of nitrogens with one attached hydrogen (secondary N) is 1. The van der Waals surface area contributed by atoms with Crippen molar-refractivity contribution in [1.29, 1.82) is 0 Å². The molecule has 12 nitrogen and oxygen atoms in total. The molecule has 0 atom stereocenters. The van der Waals surface area contributed by atoms with Crippen LogP contribution < -0.4 is 16.1 Å². The summed E-state index contributed by atoms with van der Waals surface area (Å²) in [6, 6.07) is 7.43. The molecular weight excluding hydrogens is 500 g/mol. The molecule has 12 heteroatoms. The number of carbonyl (C=O) groups excluding carboxylic acids is 1. The molecule has 6 heterocycles. The van der Waals surface area contributed by atoms with E-state index in [0.29, 0.717) is 48.2 Å². The van der Waals surface area contributed by atoms with E-state index in [0.717, 1.165) is 37.6 Å². The number of aliphatic hydroxyl groups is 1. The van der Waals surface area contributed by atoms with Gasteiger partial charge in [-0.15, -0.1) is 0 Å². The number of pyridine rings is 3. The highest BCUT2D eigenvalue weighted by atomic mass is 16.3. The van der Waals surface area contributed by atoms with Crippen LogP contribution in [0.5, 0.6) is 0 Å². The first kappa shape index (κ1) is 25.1. The van der Waals surface area contributed by atoms with E-state index in [1.165, 1.54) is 6.20 Å². The third kappa shape index (κ3) is 4.66. The lowest BCUT2D eigenvalue weighted by Gasteiger charge is -2.33. The van der Waals surface area contributed by atoms with E-state index >= 15 is 0 Å². The second-order valence-corrected chi connectivity index (χ2v) is 10.2. The van der Waals surface area contributed by atoms with E-state index in [9.17, 15) is 19.5 Å². The van der Waals surface area contributed by atoms with Crippen molar-refractivity contribution in [3.05, 3.63) is 57.5 Å². The van der Waals surface area contributed by atoms with Crippen LogP contribution in [0.2, 0.25) is 0 Å². The number of nitrogens with zero attached hydrogens (tertiary/aromatic N) is 7. The van der Waals surface area contributed by atoms with Crippen LogP contribution in [-0.2, 0) is 4.79 Å². The number of aliphatic hydroxyl groups excluding tert-OH is 1. The number of aromatic amines is 1. The monoisotopic (exact) mass is 530 g/mol. The maximum absolute atomic E-state index is 13.2. The molecule has 0 aromatic carbocycles. The predicted molar refractivity (Wildman–Crippen MR) is 147 cm³/mol. The highest BCUT2D eigenvalue weighted by Crippen LogP contribution is 2.29. The van der Waals surface area contributed by atoms with Crippen molar-refractivity contribution in [1.82, 2.24) is 34.3 Å². The number of amides is 1. The van der Waals surface area contributed by atoms with Crippen LogP contribution >= 0.6 is 0 Å². The lowest BCUT2D eigenvalue weighted by Crippen LogP contribution is -2.44. The molecule has 39 heavy (non-hydrogen) atoms. The molecule has 6 rings (SSSR count). The van der Waals surface area contributed by atoms with E-state index in [1.807, 2.05) is 24.3 Å². The molecule has 0 aliphatic carbocycles. The number of rotatable bonds is 4. The van der Waals surface area contributed by atoms with Gasteiger partial charge < -0.3 is 19.8 Å². The van der Waals surface area contributed by atoms with Crippen molar-refractivity contribution in [2.75, 3.05) is 57.8 Å². The predicted octanol–water partition coefficient (Wildman–Crippen LogP) is 0.603. The van der Waals surface area contributed by atoms with Gasteiger partial charge in [0.05, 0.1) is 22.1 Å². The fourth-order valence-corrected chi connectivity index (χ4v) is 5.53. The van der Waals surface area contributed by atoms with Crippen molar-refractivity contribution in [3.63, 3.8) is 0 Å². The molecular formula is C27H30N8O4. The standard InChI is InChI=1S/C27H30N8O4/c1-32-10-12-33(13-11-32)22-5-2-17(14-29-22)20-3-4-21-24(30-20)25-19(15-28-21)26(38)31-27(39)35(25)18-6-8-34(9-7-18)23(37)16-36/h2-5,14-15,18,36H,6-13,16H2,1H3,(H,31,38,39). The molecule has 4 aromatic heterocycles. The summed E-state index contributed by atoms with van der Waals surface area (Å²) in [4.78, 5) is 60.5. The molecule has 0 bridgehead atoms. The molecule has 1 amide bonds. The van der Waals surface area contributed by atoms with Gasteiger partial charge in [-0.1, -0.05) is 0 Å². The summed E-state index contributed by atoms with van der Waals surface area (Å²) in [7, 11) is 2.12. The number of piperazine rings is 1. The van der Waals surface area contributed by atoms with Crippen LogP contribution in [0.4, 0.5) is 5.82 Å². The minimum absolute atomic E-state index is 0.250. The molecule has 0 spiro atoms. The third-order valence-corrected chi connectivity index (χ3v) is 7.80. The number of carbonyl (C=O) groups is 1. The second kappa shape index (κ2) is 10.2. The second-order valence-electron chi connectivity index (χ2n) is 10.2. The summed E-state index contributed by atoms with van der Waals surface area (Å²) >= 11 is 0. The van der Waals surface area contributed by atoms with Gasteiger partial charge in [-0.2, -0.15) is 0 Å². The largest absolute Gasteiger partial charge is 0.387 e. The van der Waals surface area contributed by atoms with Crippen molar-refractivity contribution >= 4 is 33.7 Å². The van der Waals surface area contributed by atoms with Crippen LogP contribution in [0.1, 0.15) is 18.9 Å². The zero-order chi connectivity index (χ0) is 27.1. The van der Waals surface area contributed by atoms with Gasteiger partial charge >= 0.3 is 5.69 Å². The fourth-order valence-electron chi connectivity index (χ4n) is 5.53. The summed E-state index contributed by atoms with van der Waals surface area (Å²) < 4.78 is 1.59. The molecule has 2 aliphatic rings. The summed E-state index contributed by atoms with van der Waals surface area (Å²) in [5, 5.41) is 9.49. The van der Waals surface area contributed by atoms with E-state index in [1.54, 1.807) is 15.7 Å². The van der Waals surface area contributed by atoms with Crippen LogP contribution in [0, 0.1) is 0 Å². The quantitative estimate of drug-likeness (QED) is 0.363. The summed E-state index contributed by atoms with van der Waals surface area (Å²) in [6.07, 6.45) is 4.29. The maximum atomic E-state index is 13.2. The average Bonchev–Trinajstić information content (AvgIpc) is 2.97. The Bertz CT molecular complexity index is 1650. The van der Waals surface area contributed by atoms with Gasteiger partial charge in [0.25, 0.3) is 5.56 Å². The number of H-pyrrole nitrogens is 1. The highest BCUT2D eigenvalue weighted by Gasteiger charge is 2.27. The molecule has 2 aliphatic heterocycles. The summed E-state index contributed by atoms with van der Waals surface area (Å²) in [6.45, 7) is 4.11. The Hall–Kier alpha value is -4.16. The van der Waals surface area contributed by atoms with Crippen molar-refractivity contribution in [2.24, 2.45) is 0 Å². The number of fused-ring (bicyclic) bond motifs is 3. The normalized spacial score (nSPS) is 17.3. The Balaban J connectivity index is 1.40. The van der Waals surface area contributed by atoms with Gasteiger partial charge in [-0.3, -0.25) is 24.1 Å². The van der Waals surface area contributed by atoms with Crippen molar-refractivity contribution in [3.8, 4) is 11.3 Å². The molecule has 0 saturated carbocycles. The van der Waals surface area contributed by atoms with Gasteiger partial charge in [-0.05, 0) is 44.2 Å². The number of likely N-dealkylation sites (tertiary alicyclic amines) is 1. The fraction of sp³-hybridized carbons (Fsp3) is 0.407. The van der Waals surface area contributed by atoms with E-state index < -0.39 is 17.9 Å². The van der Waals surface area contributed by atoms with Gasteiger partial charge in [0.1, 0.15) is 17.9 Å². The van der Waals surface area contributed by atoms with Crippen LogP contribution in [0.15, 0.2) is 46.2 Å². The van der Waals surface area contributed by atoms with Gasteiger partial charge in [-0.25, -0.2) is 14.8 Å². The smallest absolute Gasteiger partial charge is 0.329 e. The van der Waals surface area contributed by atoms with Gasteiger partial charge in [0.15, 0.2) is 0 Å². The van der Waals surface area contributed by atoms with Gasteiger partial charge in [0, 0.05) is 63.3 Å². The number of hydrogen-bond donors (Lipinski definition) is 2. The number of hydrogen-bond acceptors (Lipinski definition) is 9. The third-order valence-electron chi connectivity index (χ3n) is 7.80. The first-order valence-electron chi connectivity index (χ1n) is 13.2. The molecule has 2 saturated heterocycles. The van der Waals surface area contributed by atoms with E-state index in [4.69, 9.17) is 4.98 Å². The average molecular weight is 531 g/mol. The van der Waals surface area contributed by atoms with Crippen LogP contribution in [-0.4, -0.2) is 98.2 Å². The summed E-state index contributed by atoms with van der Waals surface area (Å²) in [5.74, 6) is 0.589. The number of piperidine rings is 1. The molecule has 2 N–H and O–H groups in total. The lowest BCUT2D eigenvalue weighted by atomic mass is 10.0. The number of likely N-dealkylation sites (N-methyl/N-ethyl adjacent to an activating group) is 1. The van der Waals surface area contributed by atoms with Crippen LogP contribution in [0.25, 0.3) is 33.2 Å². The molecule has 2 fully saturated rings. The van der Waals surface area contributed by atoms with Crippen molar-refractivity contribution in [2.45, 2.75) is 18.9 Å². The Morgan fingerprint density at radius 2 is 1.77 bits per heavy atom. The van der Waals surface area contributed by atoms with Crippen LogP contribution in [0.3, 0.4) is 0 Å². The number of aromatic nitrogens is 5. The molecule has 4 aromatic rings. The zero-order valence-corrected chi connectivity index (χ0v) is 21.7.